The average molecular weight is 285 g/mol. The van der Waals surface area contributed by atoms with Gasteiger partial charge in [0, 0.05) is 0 Å². The second-order valence-corrected chi connectivity index (χ2v) is 6.38. The molecule has 0 saturated carbocycles. The van der Waals surface area contributed by atoms with Crippen LogP contribution in [0.3, 0.4) is 0 Å². The van der Waals surface area contributed by atoms with Gasteiger partial charge in [-0.1, -0.05) is 47.3 Å². The monoisotopic (exact) mass is 285 g/mol. The van der Waals surface area contributed by atoms with Crippen LogP contribution in [0, 0.1) is 11.3 Å². The van der Waals surface area contributed by atoms with Crippen molar-refractivity contribution in [3.05, 3.63) is 12.7 Å². The Labute approximate surface area is 121 Å². The normalized spacial score (nSPS) is 12.7. The van der Waals surface area contributed by atoms with Crippen LogP contribution >= 0.6 is 0 Å². The van der Waals surface area contributed by atoms with Crippen LogP contribution in [0.4, 0.5) is 4.79 Å². The van der Waals surface area contributed by atoms with E-state index in [2.05, 4.69) is 11.9 Å². The summed E-state index contributed by atoms with van der Waals surface area (Å²) in [5, 5.41) is 2.54. The molecule has 0 bridgehead atoms. The Balaban J connectivity index is 4.50. The van der Waals surface area contributed by atoms with Gasteiger partial charge in [-0.15, -0.1) is 0 Å². The molecule has 0 radical (unpaired) electrons. The molecule has 0 aromatic carbocycles. The molecule has 0 rings (SSSR count). The number of hydrogen-bond acceptors (Lipinski definition) is 4. The zero-order valence-corrected chi connectivity index (χ0v) is 13.2. The lowest BCUT2D eigenvalue weighted by Gasteiger charge is -2.22. The number of hydrogen-bond donors (Lipinski definition) is 1. The maximum absolute atomic E-state index is 12.0. The molecule has 0 aliphatic carbocycles. The quantitative estimate of drug-likeness (QED) is 0.577. The zero-order valence-electron chi connectivity index (χ0n) is 13.2. The van der Waals surface area contributed by atoms with E-state index in [0.717, 1.165) is 0 Å². The summed E-state index contributed by atoms with van der Waals surface area (Å²) in [7, 11) is 0. The van der Waals surface area contributed by atoms with Crippen molar-refractivity contribution in [1.82, 2.24) is 5.32 Å². The fourth-order valence-corrected chi connectivity index (χ4v) is 1.39. The molecule has 20 heavy (non-hydrogen) atoms. The van der Waals surface area contributed by atoms with E-state index in [1.165, 1.54) is 6.08 Å². The molecule has 0 spiro atoms. The summed E-state index contributed by atoms with van der Waals surface area (Å²) in [6.07, 6.45) is 1.34. The standard InChI is InChI=1S/C15H27NO4/c1-7-8-19-14(18)16-12(9-11(2)3)13(17)20-10-15(4,5)6/h7,11-12H,1,8-10H2,2-6H3,(H,16,18). The second kappa shape index (κ2) is 8.61. The average Bonchev–Trinajstić information content (AvgIpc) is 2.31. The van der Waals surface area contributed by atoms with Crippen molar-refractivity contribution in [3.8, 4) is 0 Å². The minimum Gasteiger partial charge on any atom is -0.464 e. The molecule has 0 heterocycles. The molecule has 1 unspecified atom stereocenters. The molecule has 5 heteroatoms. The smallest absolute Gasteiger partial charge is 0.408 e. The van der Waals surface area contributed by atoms with E-state index in [9.17, 15) is 9.59 Å². The molecule has 0 aromatic rings. The summed E-state index contributed by atoms with van der Waals surface area (Å²) >= 11 is 0. The molecule has 0 saturated heterocycles. The van der Waals surface area contributed by atoms with Crippen LogP contribution in [0.1, 0.15) is 41.0 Å². The Kier molecular flexibility index (Phi) is 7.96. The summed E-state index contributed by atoms with van der Waals surface area (Å²) in [4.78, 5) is 23.5. The topological polar surface area (TPSA) is 64.6 Å². The Morgan fingerprint density at radius 1 is 1.25 bits per heavy atom. The van der Waals surface area contributed by atoms with Gasteiger partial charge in [0.25, 0.3) is 0 Å². The molecule has 0 fully saturated rings. The van der Waals surface area contributed by atoms with Crippen molar-refractivity contribution >= 4 is 12.1 Å². The van der Waals surface area contributed by atoms with Crippen molar-refractivity contribution < 1.29 is 19.1 Å². The van der Waals surface area contributed by atoms with E-state index in [4.69, 9.17) is 9.47 Å². The number of nitrogens with one attached hydrogen (secondary N) is 1. The summed E-state index contributed by atoms with van der Waals surface area (Å²) < 4.78 is 10.1. The number of amides is 1. The first-order valence-corrected chi connectivity index (χ1v) is 6.86. The SMILES string of the molecule is C=CCOC(=O)NC(CC(C)C)C(=O)OCC(C)(C)C. The highest BCUT2D eigenvalue weighted by molar-refractivity contribution is 5.81. The van der Waals surface area contributed by atoms with Crippen LogP contribution in [0.5, 0.6) is 0 Å². The van der Waals surface area contributed by atoms with Gasteiger partial charge in [-0.2, -0.15) is 0 Å². The van der Waals surface area contributed by atoms with E-state index in [-0.39, 0.29) is 17.9 Å². The van der Waals surface area contributed by atoms with Crippen LogP contribution < -0.4 is 5.32 Å². The van der Waals surface area contributed by atoms with Gasteiger partial charge in [-0.25, -0.2) is 9.59 Å². The molecule has 5 nitrogen and oxygen atoms in total. The largest absolute Gasteiger partial charge is 0.464 e. The van der Waals surface area contributed by atoms with Crippen LogP contribution in [0.15, 0.2) is 12.7 Å². The molecule has 0 aliphatic heterocycles. The van der Waals surface area contributed by atoms with Crippen molar-refractivity contribution in [3.63, 3.8) is 0 Å². The number of ether oxygens (including phenoxy) is 2. The molecule has 0 aliphatic rings. The van der Waals surface area contributed by atoms with Crippen LogP contribution in [0.25, 0.3) is 0 Å². The minimum absolute atomic E-state index is 0.108. The first kappa shape index (κ1) is 18.5. The number of alkyl carbamates (subject to hydrolysis) is 1. The number of carbonyl (C=O) groups excluding carboxylic acids is 2. The Morgan fingerprint density at radius 3 is 2.30 bits per heavy atom. The number of esters is 1. The molecule has 0 aromatic heterocycles. The van der Waals surface area contributed by atoms with E-state index >= 15 is 0 Å². The third-order valence-electron chi connectivity index (χ3n) is 2.26. The molecule has 1 amide bonds. The van der Waals surface area contributed by atoms with Crippen LogP contribution in [-0.2, 0) is 14.3 Å². The molecular formula is C15H27NO4. The first-order chi connectivity index (χ1) is 9.15. The van der Waals surface area contributed by atoms with Gasteiger partial charge in [0.1, 0.15) is 12.6 Å². The summed E-state index contributed by atoms with van der Waals surface area (Å²) in [6, 6.07) is -0.685. The third-order valence-corrected chi connectivity index (χ3v) is 2.26. The highest BCUT2D eigenvalue weighted by atomic mass is 16.6. The number of carbonyl (C=O) groups is 2. The first-order valence-electron chi connectivity index (χ1n) is 6.86. The van der Waals surface area contributed by atoms with Gasteiger partial charge in [-0.3, -0.25) is 0 Å². The Bertz CT molecular complexity index is 331. The summed E-state index contributed by atoms with van der Waals surface area (Å²) in [6.45, 7) is 13.7. The zero-order chi connectivity index (χ0) is 15.8. The fraction of sp³-hybridized carbons (Fsp3) is 0.733. The maximum Gasteiger partial charge on any atom is 0.408 e. The Morgan fingerprint density at radius 2 is 1.85 bits per heavy atom. The van der Waals surface area contributed by atoms with Crippen LogP contribution in [0.2, 0.25) is 0 Å². The summed E-state index contributed by atoms with van der Waals surface area (Å²) in [5.74, 6) is -0.175. The molecule has 116 valence electrons. The van der Waals surface area contributed by atoms with E-state index in [1.54, 1.807) is 0 Å². The highest BCUT2D eigenvalue weighted by Gasteiger charge is 2.25. The predicted octanol–water partition coefficient (Wildman–Crippen LogP) is 2.90. The van der Waals surface area contributed by atoms with Gasteiger partial charge in [0.15, 0.2) is 0 Å². The Hall–Kier alpha value is -1.52. The predicted molar refractivity (Wildman–Crippen MR) is 78.3 cm³/mol. The second-order valence-electron chi connectivity index (χ2n) is 6.38. The molecule has 1 atom stereocenters. The van der Waals surface area contributed by atoms with Gasteiger partial charge >= 0.3 is 12.1 Å². The fourth-order valence-electron chi connectivity index (χ4n) is 1.39. The van der Waals surface area contributed by atoms with Crippen LogP contribution in [-0.4, -0.2) is 31.3 Å². The van der Waals surface area contributed by atoms with E-state index in [0.29, 0.717) is 13.0 Å². The van der Waals surface area contributed by atoms with Crippen molar-refractivity contribution in [1.29, 1.82) is 0 Å². The third kappa shape index (κ3) is 9.42. The van der Waals surface area contributed by atoms with E-state index in [1.807, 2.05) is 34.6 Å². The number of rotatable bonds is 7. The van der Waals surface area contributed by atoms with E-state index < -0.39 is 18.1 Å². The molecule has 1 N–H and O–H groups in total. The maximum atomic E-state index is 12.0. The summed E-state index contributed by atoms with van der Waals surface area (Å²) in [5.41, 5.74) is -0.110. The lowest BCUT2D eigenvalue weighted by Crippen LogP contribution is -2.43. The van der Waals surface area contributed by atoms with Gasteiger partial charge < -0.3 is 14.8 Å². The van der Waals surface area contributed by atoms with Crippen molar-refractivity contribution in [2.45, 2.75) is 47.1 Å². The van der Waals surface area contributed by atoms with Crippen molar-refractivity contribution in [2.75, 3.05) is 13.2 Å². The van der Waals surface area contributed by atoms with Gasteiger partial charge in [0.05, 0.1) is 6.61 Å². The van der Waals surface area contributed by atoms with Gasteiger partial charge in [0.2, 0.25) is 0 Å². The lowest BCUT2D eigenvalue weighted by atomic mass is 9.98. The molecular weight excluding hydrogens is 258 g/mol. The lowest BCUT2D eigenvalue weighted by molar-refractivity contribution is -0.149. The van der Waals surface area contributed by atoms with Crippen molar-refractivity contribution in [2.24, 2.45) is 11.3 Å². The highest BCUT2D eigenvalue weighted by Crippen LogP contribution is 2.14. The van der Waals surface area contributed by atoms with Gasteiger partial charge in [-0.05, 0) is 17.8 Å². The minimum atomic E-state index is -0.685.